The Labute approximate surface area is 143 Å². The number of carboxylic acid groups (broad SMARTS) is 1. The maximum Gasteiger partial charge on any atom is 0.339 e. The predicted molar refractivity (Wildman–Crippen MR) is 89.0 cm³/mol. The molecule has 0 amide bonds. The molecule has 0 spiro atoms. The molecule has 0 radical (unpaired) electrons. The van der Waals surface area contributed by atoms with Gasteiger partial charge in [0, 0.05) is 18.0 Å². The Bertz CT molecular complexity index is 1060. The van der Waals surface area contributed by atoms with Gasteiger partial charge in [-0.2, -0.15) is 5.10 Å². The van der Waals surface area contributed by atoms with Crippen LogP contribution >= 0.6 is 0 Å². The number of para-hydroxylation sites is 1. The monoisotopic (exact) mass is 360 g/mol. The van der Waals surface area contributed by atoms with Crippen molar-refractivity contribution in [2.45, 2.75) is 4.90 Å². The summed E-state index contributed by atoms with van der Waals surface area (Å²) >= 11 is 0. The second-order valence-electron chi connectivity index (χ2n) is 5.39. The Morgan fingerprint density at radius 1 is 1.12 bits per heavy atom. The highest BCUT2D eigenvalue weighted by Gasteiger charge is 2.19. The van der Waals surface area contributed by atoms with Crippen LogP contribution in [0.5, 0.6) is 0 Å². The minimum atomic E-state index is -3.36. The topological polar surface area (TPSA) is 89.3 Å². The average Bonchev–Trinajstić information content (AvgIpc) is 3.00. The van der Waals surface area contributed by atoms with E-state index in [2.05, 4.69) is 5.10 Å². The fourth-order valence-electron chi connectivity index (χ4n) is 2.36. The van der Waals surface area contributed by atoms with E-state index in [1.165, 1.54) is 48.7 Å². The largest absolute Gasteiger partial charge is 0.478 e. The number of rotatable bonds is 4. The predicted octanol–water partition coefficient (Wildman–Crippen LogP) is 2.78. The van der Waals surface area contributed by atoms with Gasteiger partial charge in [0.15, 0.2) is 9.84 Å². The molecule has 0 aliphatic carbocycles. The van der Waals surface area contributed by atoms with Crippen LogP contribution in [-0.4, -0.2) is 35.5 Å². The molecule has 6 nitrogen and oxygen atoms in total. The molecule has 0 atom stereocenters. The van der Waals surface area contributed by atoms with E-state index in [-0.39, 0.29) is 21.8 Å². The minimum Gasteiger partial charge on any atom is -0.478 e. The number of benzene rings is 2. The summed E-state index contributed by atoms with van der Waals surface area (Å²) in [5.74, 6) is -1.76. The highest BCUT2D eigenvalue weighted by Crippen LogP contribution is 2.25. The maximum atomic E-state index is 13.9. The van der Waals surface area contributed by atoms with Crippen molar-refractivity contribution in [3.05, 3.63) is 66.1 Å². The van der Waals surface area contributed by atoms with Crippen molar-refractivity contribution in [3.8, 4) is 16.9 Å². The molecule has 2 aromatic carbocycles. The van der Waals surface area contributed by atoms with Crippen LogP contribution in [-0.2, 0) is 9.84 Å². The van der Waals surface area contributed by atoms with E-state index in [9.17, 15) is 22.7 Å². The summed E-state index contributed by atoms with van der Waals surface area (Å²) < 4.78 is 38.1. The lowest BCUT2D eigenvalue weighted by molar-refractivity contribution is 0.0697. The molecule has 1 N–H and O–H groups in total. The van der Waals surface area contributed by atoms with Gasteiger partial charge in [0.05, 0.1) is 4.90 Å². The molecule has 0 bridgehead atoms. The fraction of sp³-hybridized carbons (Fsp3) is 0.0588. The van der Waals surface area contributed by atoms with Gasteiger partial charge < -0.3 is 5.11 Å². The summed E-state index contributed by atoms with van der Waals surface area (Å²) in [7, 11) is -3.36. The van der Waals surface area contributed by atoms with E-state index < -0.39 is 21.6 Å². The molecule has 0 aliphatic heterocycles. The highest BCUT2D eigenvalue weighted by atomic mass is 32.2. The van der Waals surface area contributed by atoms with Crippen molar-refractivity contribution in [1.82, 2.24) is 9.78 Å². The van der Waals surface area contributed by atoms with Crippen LogP contribution in [0.15, 0.2) is 59.6 Å². The van der Waals surface area contributed by atoms with E-state index in [0.717, 1.165) is 10.9 Å². The van der Waals surface area contributed by atoms with Crippen LogP contribution in [0.1, 0.15) is 10.4 Å². The molecule has 0 unspecified atom stereocenters. The van der Waals surface area contributed by atoms with Gasteiger partial charge in [0.2, 0.25) is 0 Å². The molecule has 3 rings (SSSR count). The Balaban J connectivity index is 2.13. The standard InChI is InChI=1S/C17H13FN2O4S/c1-25(23,24)12-8-6-11(7-9-12)16-13(17(21)22)10-20(19-16)15-5-3-2-4-14(15)18/h2-10H,1H3,(H,21,22). The minimum absolute atomic E-state index is 0.113. The smallest absolute Gasteiger partial charge is 0.339 e. The number of carboxylic acids is 1. The Kier molecular flexibility index (Phi) is 4.13. The lowest BCUT2D eigenvalue weighted by atomic mass is 10.1. The SMILES string of the molecule is CS(=O)(=O)c1ccc(-c2nn(-c3ccccc3F)cc2C(=O)O)cc1. The normalized spacial score (nSPS) is 11.4. The molecule has 8 heteroatoms. The zero-order chi connectivity index (χ0) is 18.2. The second-order valence-corrected chi connectivity index (χ2v) is 7.40. The Morgan fingerprint density at radius 2 is 1.76 bits per heavy atom. The molecular weight excluding hydrogens is 347 g/mol. The molecule has 1 aromatic heterocycles. The number of hydrogen-bond donors (Lipinski definition) is 1. The summed E-state index contributed by atoms with van der Waals surface area (Å²) in [6.07, 6.45) is 2.30. The van der Waals surface area contributed by atoms with E-state index in [1.807, 2.05) is 0 Å². The van der Waals surface area contributed by atoms with Crippen LogP contribution in [0.4, 0.5) is 4.39 Å². The number of aromatic carboxylic acids is 1. The molecule has 128 valence electrons. The van der Waals surface area contributed by atoms with Crippen molar-refractivity contribution >= 4 is 15.8 Å². The first-order valence-electron chi connectivity index (χ1n) is 7.16. The quantitative estimate of drug-likeness (QED) is 0.773. The van der Waals surface area contributed by atoms with Crippen molar-refractivity contribution in [1.29, 1.82) is 0 Å². The van der Waals surface area contributed by atoms with E-state index in [4.69, 9.17) is 0 Å². The zero-order valence-corrected chi connectivity index (χ0v) is 13.9. The van der Waals surface area contributed by atoms with Crippen molar-refractivity contribution in [3.63, 3.8) is 0 Å². The van der Waals surface area contributed by atoms with Gasteiger partial charge in [-0.3, -0.25) is 0 Å². The number of nitrogens with zero attached hydrogens (tertiary/aromatic N) is 2. The molecule has 1 heterocycles. The van der Waals surface area contributed by atoms with Crippen LogP contribution < -0.4 is 0 Å². The second kappa shape index (κ2) is 6.14. The van der Waals surface area contributed by atoms with Crippen molar-refractivity contribution in [2.75, 3.05) is 6.26 Å². The fourth-order valence-corrected chi connectivity index (χ4v) is 3.00. The van der Waals surface area contributed by atoms with Gasteiger partial charge in [-0.15, -0.1) is 0 Å². The van der Waals surface area contributed by atoms with E-state index in [0.29, 0.717) is 5.56 Å². The molecule has 3 aromatic rings. The first-order valence-corrected chi connectivity index (χ1v) is 9.05. The number of halogens is 1. The average molecular weight is 360 g/mol. The summed E-state index contributed by atoms with van der Waals surface area (Å²) in [5.41, 5.74) is 0.537. The highest BCUT2D eigenvalue weighted by molar-refractivity contribution is 7.90. The molecule has 0 aliphatic rings. The van der Waals surface area contributed by atoms with Gasteiger partial charge in [-0.25, -0.2) is 22.3 Å². The molecule has 0 fully saturated rings. The van der Waals surface area contributed by atoms with Crippen LogP contribution in [0.3, 0.4) is 0 Å². The van der Waals surface area contributed by atoms with Gasteiger partial charge in [0.25, 0.3) is 0 Å². The van der Waals surface area contributed by atoms with E-state index in [1.54, 1.807) is 6.07 Å². The molecule has 0 saturated carbocycles. The summed E-state index contributed by atoms with van der Waals surface area (Å²) in [5, 5.41) is 13.6. The number of hydrogen-bond acceptors (Lipinski definition) is 4. The molecular formula is C17H13FN2O4S. The third kappa shape index (κ3) is 3.29. The van der Waals surface area contributed by atoms with Crippen LogP contribution in [0.25, 0.3) is 16.9 Å². The maximum absolute atomic E-state index is 13.9. The van der Waals surface area contributed by atoms with E-state index >= 15 is 0 Å². The first kappa shape index (κ1) is 16.8. The van der Waals surface area contributed by atoms with Gasteiger partial charge in [-0.1, -0.05) is 24.3 Å². The lowest BCUT2D eigenvalue weighted by Crippen LogP contribution is -1.98. The molecule has 25 heavy (non-hydrogen) atoms. The summed E-state index contributed by atoms with van der Waals surface area (Å²) in [6, 6.07) is 11.5. The first-order chi connectivity index (χ1) is 11.8. The Hall–Kier alpha value is -3.00. The summed E-state index contributed by atoms with van der Waals surface area (Å²) in [6.45, 7) is 0. The van der Waals surface area contributed by atoms with Crippen LogP contribution in [0, 0.1) is 5.82 Å². The van der Waals surface area contributed by atoms with Crippen LogP contribution in [0.2, 0.25) is 0 Å². The number of carbonyl (C=O) groups is 1. The molecule has 0 saturated heterocycles. The van der Waals surface area contributed by atoms with Crippen molar-refractivity contribution in [2.24, 2.45) is 0 Å². The third-order valence-electron chi connectivity index (χ3n) is 3.60. The van der Waals surface area contributed by atoms with Gasteiger partial charge in [0.1, 0.15) is 22.8 Å². The number of sulfone groups is 1. The Morgan fingerprint density at radius 3 is 2.32 bits per heavy atom. The summed E-state index contributed by atoms with van der Waals surface area (Å²) in [4.78, 5) is 11.6. The lowest BCUT2D eigenvalue weighted by Gasteiger charge is -2.03. The third-order valence-corrected chi connectivity index (χ3v) is 4.73. The number of aromatic nitrogens is 2. The van der Waals surface area contributed by atoms with Crippen molar-refractivity contribution < 1.29 is 22.7 Å². The van der Waals surface area contributed by atoms with Gasteiger partial charge >= 0.3 is 5.97 Å². The van der Waals surface area contributed by atoms with Gasteiger partial charge in [-0.05, 0) is 24.3 Å². The zero-order valence-electron chi connectivity index (χ0n) is 13.0.